The average Bonchev–Trinajstić information content (AvgIpc) is 2.63. The Morgan fingerprint density at radius 1 is 1.04 bits per heavy atom. The lowest BCUT2D eigenvalue weighted by Gasteiger charge is -2.35. The van der Waals surface area contributed by atoms with Crippen LogP contribution in [0.2, 0.25) is 5.02 Å². The van der Waals surface area contributed by atoms with Crippen LogP contribution in [0.5, 0.6) is 0 Å². The summed E-state index contributed by atoms with van der Waals surface area (Å²) >= 11 is 5.87. The van der Waals surface area contributed by atoms with E-state index in [4.69, 9.17) is 11.6 Å². The van der Waals surface area contributed by atoms with Crippen LogP contribution in [0.1, 0.15) is 45.4 Å². The third-order valence-electron chi connectivity index (χ3n) is 5.53. The first-order valence-electron chi connectivity index (χ1n) is 9.38. The number of hydrogen-bond donors (Lipinski definition) is 1. The minimum absolute atomic E-state index is 0.00000695. The molecule has 1 saturated carbocycles. The lowest BCUT2D eigenvalue weighted by molar-refractivity contribution is -0.139. The zero-order chi connectivity index (χ0) is 17.8. The van der Waals surface area contributed by atoms with Crippen molar-refractivity contribution in [2.24, 2.45) is 17.8 Å². The molecule has 1 unspecified atom stereocenters. The Labute approximate surface area is 154 Å². The molecule has 2 amide bonds. The molecule has 5 heteroatoms. The van der Waals surface area contributed by atoms with Crippen LogP contribution in [0.3, 0.4) is 0 Å². The second kappa shape index (κ2) is 8.22. The first-order valence-corrected chi connectivity index (χ1v) is 9.76. The molecule has 2 aliphatic rings. The Kier molecular flexibility index (Phi) is 6.00. The maximum Gasteiger partial charge on any atom is 0.227 e. The molecule has 0 radical (unpaired) electrons. The molecular weight excluding hydrogens is 336 g/mol. The fraction of sp³-hybridized carbons (Fsp3) is 0.600. The first-order chi connectivity index (χ1) is 12.0. The van der Waals surface area contributed by atoms with Crippen molar-refractivity contribution in [1.82, 2.24) is 4.90 Å². The van der Waals surface area contributed by atoms with Crippen LogP contribution in [-0.4, -0.2) is 29.8 Å². The number of nitrogens with one attached hydrogen (secondary N) is 1. The molecule has 4 nitrogen and oxygen atoms in total. The number of halogens is 1. The van der Waals surface area contributed by atoms with E-state index in [1.165, 1.54) is 6.42 Å². The summed E-state index contributed by atoms with van der Waals surface area (Å²) in [7, 11) is 0. The molecule has 1 aromatic rings. The fourth-order valence-corrected chi connectivity index (χ4v) is 4.15. The van der Waals surface area contributed by atoms with Gasteiger partial charge >= 0.3 is 0 Å². The van der Waals surface area contributed by atoms with Gasteiger partial charge in [0.25, 0.3) is 0 Å². The van der Waals surface area contributed by atoms with Gasteiger partial charge in [0, 0.05) is 35.6 Å². The van der Waals surface area contributed by atoms with Gasteiger partial charge in [0.15, 0.2) is 0 Å². The van der Waals surface area contributed by atoms with Crippen LogP contribution >= 0.6 is 11.6 Å². The second-order valence-corrected chi connectivity index (χ2v) is 8.01. The number of carbonyl (C=O) groups is 2. The molecule has 1 N–H and O–H groups in total. The van der Waals surface area contributed by atoms with Gasteiger partial charge in [0.1, 0.15) is 0 Å². The topological polar surface area (TPSA) is 49.4 Å². The van der Waals surface area contributed by atoms with Crippen molar-refractivity contribution in [2.45, 2.75) is 45.4 Å². The van der Waals surface area contributed by atoms with E-state index >= 15 is 0 Å². The molecule has 136 valence electrons. The average molecular weight is 363 g/mol. The minimum atomic E-state index is 0.00000695. The second-order valence-electron chi connectivity index (χ2n) is 7.58. The largest absolute Gasteiger partial charge is 0.342 e. The molecule has 1 saturated heterocycles. The monoisotopic (exact) mass is 362 g/mol. The van der Waals surface area contributed by atoms with Crippen molar-refractivity contribution < 1.29 is 9.59 Å². The Morgan fingerprint density at radius 3 is 2.32 bits per heavy atom. The van der Waals surface area contributed by atoms with E-state index in [2.05, 4.69) is 12.2 Å². The number of benzene rings is 1. The van der Waals surface area contributed by atoms with Gasteiger partial charge in [-0.3, -0.25) is 9.59 Å². The summed E-state index contributed by atoms with van der Waals surface area (Å²) in [4.78, 5) is 27.2. The van der Waals surface area contributed by atoms with Crippen molar-refractivity contribution in [1.29, 1.82) is 0 Å². The van der Waals surface area contributed by atoms with Crippen LogP contribution in [0.25, 0.3) is 0 Å². The lowest BCUT2D eigenvalue weighted by atomic mass is 9.80. The fourth-order valence-electron chi connectivity index (χ4n) is 4.03. The van der Waals surface area contributed by atoms with Gasteiger partial charge in [-0.1, -0.05) is 18.5 Å². The highest BCUT2D eigenvalue weighted by molar-refractivity contribution is 6.30. The number of carbonyl (C=O) groups excluding carboxylic acids is 2. The number of hydrogen-bond acceptors (Lipinski definition) is 2. The minimum Gasteiger partial charge on any atom is -0.342 e. The Balaban J connectivity index is 1.48. The third-order valence-corrected chi connectivity index (χ3v) is 5.78. The van der Waals surface area contributed by atoms with Crippen molar-refractivity contribution in [3.8, 4) is 0 Å². The van der Waals surface area contributed by atoms with Gasteiger partial charge in [0.2, 0.25) is 11.8 Å². The first kappa shape index (κ1) is 18.2. The van der Waals surface area contributed by atoms with Gasteiger partial charge in [-0.15, -0.1) is 0 Å². The molecule has 2 fully saturated rings. The summed E-state index contributed by atoms with van der Waals surface area (Å²) in [6.45, 7) is 4.02. The number of rotatable bonds is 3. The molecular formula is C20H27ClN2O2. The highest BCUT2D eigenvalue weighted by Crippen LogP contribution is 2.32. The Bertz CT molecular complexity index is 609. The maximum absolute atomic E-state index is 12.7. The van der Waals surface area contributed by atoms with E-state index < -0.39 is 0 Å². The van der Waals surface area contributed by atoms with Crippen LogP contribution in [0.4, 0.5) is 5.69 Å². The number of piperidine rings is 1. The standard InChI is InChI=1S/C20H27ClN2O2/c1-14-3-2-12-23(13-14)20(25)16-6-4-15(5-7-16)19(24)22-18-10-8-17(21)9-11-18/h8-11,14-16H,2-7,12-13H2,1H3,(H,22,24). The Morgan fingerprint density at radius 2 is 1.68 bits per heavy atom. The quantitative estimate of drug-likeness (QED) is 0.869. The smallest absolute Gasteiger partial charge is 0.227 e. The van der Waals surface area contributed by atoms with Crippen molar-refractivity contribution in [3.63, 3.8) is 0 Å². The van der Waals surface area contributed by atoms with E-state index in [0.717, 1.165) is 50.9 Å². The number of amides is 2. The summed E-state index contributed by atoms with van der Waals surface area (Å²) in [6, 6.07) is 7.17. The SMILES string of the molecule is CC1CCCN(C(=O)C2CCC(C(=O)Nc3ccc(Cl)cc3)CC2)C1. The van der Waals surface area contributed by atoms with Crippen LogP contribution < -0.4 is 5.32 Å². The summed E-state index contributed by atoms with van der Waals surface area (Å²) in [5.74, 6) is 1.08. The molecule has 1 aliphatic carbocycles. The molecule has 0 spiro atoms. The normalized spacial score (nSPS) is 27.0. The van der Waals surface area contributed by atoms with Crippen molar-refractivity contribution in [2.75, 3.05) is 18.4 Å². The van der Waals surface area contributed by atoms with E-state index in [1.54, 1.807) is 12.1 Å². The van der Waals surface area contributed by atoms with Gasteiger partial charge in [-0.05, 0) is 68.7 Å². The third kappa shape index (κ3) is 4.75. The molecule has 1 heterocycles. The molecule has 0 aromatic heterocycles. The van der Waals surface area contributed by atoms with E-state index in [1.807, 2.05) is 17.0 Å². The number of likely N-dealkylation sites (tertiary alicyclic amines) is 1. The van der Waals surface area contributed by atoms with Crippen LogP contribution in [0, 0.1) is 17.8 Å². The number of nitrogens with zero attached hydrogens (tertiary/aromatic N) is 1. The zero-order valence-electron chi connectivity index (χ0n) is 14.8. The molecule has 1 atom stereocenters. The van der Waals surface area contributed by atoms with Gasteiger partial charge in [-0.25, -0.2) is 0 Å². The van der Waals surface area contributed by atoms with E-state index in [-0.39, 0.29) is 17.7 Å². The van der Waals surface area contributed by atoms with Gasteiger partial charge < -0.3 is 10.2 Å². The molecule has 25 heavy (non-hydrogen) atoms. The van der Waals surface area contributed by atoms with E-state index in [9.17, 15) is 9.59 Å². The van der Waals surface area contributed by atoms with Crippen LogP contribution in [-0.2, 0) is 9.59 Å². The van der Waals surface area contributed by atoms with Crippen molar-refractivity contribution in [3.05, 3.63) is 29.3 Å². The molecule has 1 aliphatic heterocycles. The maximum atomic E-state index is 12.7. The summed E-state index contributed by atoms with van der Waals surface area (Å²) in [5, 5.41) is 3.62. The zero-order valence-corrected chi connectivity index (χ0v) is 15.6. The lowest BCUT2D eigenvalue weighted by Crippen LogP contribution is -2.43. The molecule has 3 rings (SSSR count). The predicted molar refractivity (Wildman–Crippen MR) is 101 cm³/mol. The van der Waals surface area contributed by atoms with Gasteiger partial charge in [-0.2, -0.15) is 0 Å². The van der Waals surface area contributed by atoms with Gasteiger partial charge in [0.05, 0.1) is 0 Å². The Hall–Kier alpha value is -1.55. The molecule has 0 bridgehead atoms. The highest BCUT2D eigenvalue weighted by atomic mass is 35.5. The number of anilines is 1. The highest BCUT2D eigenvalue weighted by Gasteiger charge is 2.33. The van der Waals surface area contributed by atoms with E-state index in [0.29, 0.717) is 16.8 Å². The molecule has 1 aromatic carbocycles. The van der Waals surface area contributed by atoms with Crippen LogP contribution in [0.15, 0.2) is 24.3 Å². The summed E-state index contributed by atoms with van der Waals surface area (Å²) < 4.78 is 0. The summed E-state index contributed by atoms with van der Waals surface area (Å²) in [5.41, 5.74) is 0.773. The summed E-state index contributed by atoms with van der Waals surface area (Å²) in [6.07, 6.45) is 5.57. The predicted octanol–water partition coefficient (Wildman–Crippen LogP) is 4.34. The van der Waals surface area contributed by atoms with Crippen molar-refractivity contribution >= 4 is 29.1 Å².